The molecule has 1 fully saturated rings. The molecule has 7 heteroatoms. The largest absolute Gasteiger partial charge is 0.481 e. The molecule has 0 spiro atoms. The Kier molecular flexibility index (Phi) is 3.10. The molecule has 7 nitrogen and oxygen atoms in total. The van der Waals surface area contributed by atoms with E-state index in [-0.39, 0.29) is 13.2 Å². The van der Waals surface area contributed by atoms with Crippen LogP contribution in [0.2, 0.25) is 0 Å². The van der Waals surface area contributed by atoms with Gasteiger partial charge in [-0.1, -0.05) is 5.16 Å². The number of aromatic nitrogens is 1. The van der Waals surface area contributed by atoms with Crippen LogP contribution in [0.3, 0.4) is 0 Å². The van der Waals surface area contributed by atoms with Crippen molar-refractivity contribution in [1.82, 2.24) is 10.5 Å². The summed E-state index contributed by atoms with van der Waals surface area (Å²) in [7, 11) is 0. The minimum absolute atomic E-state index is 0.114. The molecular weight excluding hydrogens is 228 g/mol. The quantitative estimate of drug-likeness (QED) is 0.759. The molecule has 1 saturated heterocycles. The summed E-state index contributed by atoms with van der Waals surface area (Å²) in [4.78, 5) is 22.7. The number of ether oxygens (including phenoxy) is 1. The highest BCUT2D eigenvalue weighted by molar-refractivity contribution is 5.95. The Balaban J connectivity index is 2.04. The summed E-state index contributed by atoms with van der Waals surface area (Å²) >= 11 is 0. The van der Waals surface area contributed by atoms with Gasteiger partial charge in [0.25, 0.3) is 5.91 Å². The van der Waals surface area contributed by atoms with E-state index < -0.39 is 23.8 Å². The van der Waals surface area contributed by atoms with Crippen LogP contribution in [0.5, 0.6) is 0 Å². The monoisotopic (exact) mass is 240 g/mol. The number of amides is 1. The molecule has 1 amide bonds. The molecule has 0 saturated carbocycles. The lowest BCUT2D eigenvalue weighted by Gasteiger charge is -2.14. The van der Waals surface area contributed by atoms with Crippen LogP contribution in [-0.2, 0) is 9.53 Å². The Bertz CT molecular complexity index is 442. The second kappa shape index (κ2) is 4.54. The third-order valence-corrected chi connectivity index (χ3v) is 2.71. The third-order valence-electron chi connectivity index (χ3n) is 2.71. The molecule has 2 N–H and O–H groups in total. The van der Waals surface area contributed by atoms with Crippen LogP contribution in [0.25, 0.3) is 0 Å². The van der Waals surface area contributed by atoms with E-state index in [1.54, 1.807) is 6.92 Å². The number of nitrogens with zero attached hydrogens (tertiary/aromatic N) is 1. The van der Waals surface area contributed by atoms with Crippen molar-refractivity contribution in [1.29, 1.82) is 0 Å². The smallest absolute Gasteiger partial charge is 0.311 e. The molecule has 2 rings (SSSR count). The van der Waals surface area contributed by atoms with Gasteiger partial charge in [0, 0.05) is 0 Å². The van der Waals surface area contributed by atoms with Crippen LogP contribution in [0.15, 0.2) is 10.7 Å². The van der Waals surface area contributed by atoms with Crippen LogP contribution in [-0.4, -0.2) is 41.4 Å². The lowest BCUT2D eigenvalue weighted by atomic mass is 10.0. The van der Waals surface area contributed by atoms with Gasteiger partial charge in [-0.15, -0.1) is 0 Å². The number of carbonyl (C=O) groups excluding carboxylic acids is 1. The molecular formula is C10H12N2O5. The number of carbonyl (C=O) groups is 2. The van der Waals surface area contributed by atoms with E-state index in [4.69, 9.17) is 14.4 Å². The summed E-state index contributed by atoms with van der Waals surface area (Å²) in [5.74, 6) is -1.69. The van der Waals surface area contributed by atoms with Gasteiger partial charge in [0.15, 0.2) is 0 Å². The van der Waals surface area contributed by atoms with Crippen molar-refractivity contribution in [2.24, 2.45) is 5.92 Å². The van der Waals surface area contributed by atoms with E-state index in [1.165, 1.54) is 6.20 Å². The van der Waals surface area contributed by atoms with E-state index in [9.17, 15) is 9.59 Å². The van der Waals surface area contributed by atoms with Gasteiger partial charge in [0.1, 0.15) is 17.2 Å². The van der Waals surface area contributed by atoms with Crippen molar-refractivity contribution in [3.05, 3.63) is 17.5 Å². The average molecular weight is 240 g/mol. The fourth-order valence-corrected chi connectivity index (χ4v) is 1.70. The van der Waals surface area contributed by atoms with Gasteiger partial charge in [0.2, 0.25) is 0 Å². The maximum absolute atomic E-state index is 11.8. The second-order valence-electron chi connectivity index (χ2n) is 3.86. The lowest BCUT2D eigenvalue weighted by molar-refractivity contribution is -0.142. The highest BCUT2D eigenvalue weighted by Gasteiger charge is 2.35. The molecule has 1 aliphatic heterocycles. The number of hydrogen-bond donors (Lipinski definition) is 2. The van der Waals surface area contributed by atoms with E-state index in [0.29, 0.717) is 11.3 Å². The molecule has 0 aliphatic carbocycles. The van der Waals surface area contributed by atoms with Crippen molar-refractivity contribution in [3.8, 4) is 0 Å². The highest BCUT2D eigenvalue weighted by Crippen LogP contribution is 2.15. The van der Waals surface area contributed by atoms with Crippen molar-refractivity contribution in [2.75, 3.05) is 13.2 Å². The maximum atomic E-state index is 11.8. The summed E-state index contributed by atoms with van der Waals surface area (Å²) < 4.78 is 9.81. The van der Waals surface area contributed by atoms with Gasteiger partial charge in [-0.05, 0) is 6.92 Å². The first-order valence-electron chi connectivity index (χ1n) is 5.12. The van der Waals surface area contributed by atoms with Crippen LogP contribution in [0.4, 0.5) is 0 Å². The third kappa shape index (κ3) is 2.28. The molecule has 2 heterocycles. The molecule has 2 atom stereocenters. The van der Waals surface area contributed by atoms with Crippen LogP contribution < -0.4 is 5.32 Å². The van der Waals surface area contributed by atoms with E-state index >= 15 is 0 Å². The number of aryl methyl sites for hydroxylation is 1. The molecule has 0 radical (unpaired) electrons. The summed E-state index contributed by atoms with van der Waals surface area (Å²) in [5.41, 5.74) is 0.307. The Labute approximate surface area is 96.7 Å². The summed E-state index contributed by atoms with van der Waals surface area (Å²) in [6.07, 6.45) is 1.30. The molecule has 1 aliphatic rings. The minimum atomic E-state index is -0.977. The first-order chi connectivity index (χ1) is 8.09. The van der Waals surface area contributed by atoms with E-state index in [0.717, 1.165) is 0 Å². The van der Waals surface area contributed by atoms with E-state index in [1.807, 2.05) is 0 Å². The molecule has 92 valence electrons. The van der Waals surface area contributed by atoms with Gasteiger partial charge >= 0.3 is 5.97 Å². The summed E-state index contributed by atoms with van der Waals surface area (Å²) in [6.45, 7) is 1.93. The number of aliphatic carboxylic acids is 1. The zero-order valence-corrected chi connectivity index (χ0v) is 9.17. The van der Waals surface area contributed by atoms with Gasteiger partial charge in [-0.2, -0.15) is 0 Å². The Hall–Kier alpha value is -1.89. The molecule has 17 heavy (non-hydrogen) atoms. The standard InChI is InChI=1S/C10H12N2O5/c1-5-6(2-11-17-5)9(13)12-8-4-16-3-7(8)10(14)15/h2,7-8H,3-4H2,1H3,(H,12,13)(H,14,15). The van der Waals surface area contributed by atoms with Gasteiger partial charge in [0.05, 0.1) is 25.5 Å². The number of hydrogen-bond acceptors (Lipinski definition) is 5. The predicted molar refractivity (Wildman–Crippen MR) is 54.4 cm³/mol. The SMILES string of the molecule is Cc1oncc1C(=O)NC1COCC1C(=O)O. The molecule has 1 aromatic heterocycles. The number of carboxylic acid groups (broad SMARTS) is 1. The molecule has 0 bridgehead atoms. The highest BCUT2D eigenvalue weighted by atomic mass is 16.5. The first kappa shape index (κ1) is 11.6. The Morgan fingerprint density at radius 2 is 2.29 bits per heavy atom. The minimum Gasteiger partial charge on any atom is -0.481 e. The van der Waals surface area contributed by atoms with Crippen LogP contribution >= 0.6 is 0 Å². The summed E-state index contributed by atoms with van der Waals surface area (Å²) in [5, 5.41) is 15.0. The molecule has 0 aromatic carbocycles. The predicted octanol–water partition coefficient (Wildman–Crippen LogP) is -0.188. The number of nitrogens with one attached hydrogen (secondary N) is 1. The number of carboxylic acids is 1. The number of rotatable bonds is 3. The molecule has 2 unspecified atom stereocenters. The van der Waals surface area contributed by atoms with Gasteiger partial charge in [-0.25, -0.2) is 0 Å². The second-order valence-corrected chi connectivity index (χ2v) is 3.86. The van der Waals surface area contributed by atoms with Gasteiger partial charge < -0.3 is 19.7 Å². The van der Waals surface area contributed by atoms with Gasteiger partial charge in [-0.3, -0.25) is 9.59 Å². The first-order valence-corrected chi connectivity index (χ1v) is 5.12. The topological polar surface area (TPSA) is 102 Å². The average Bonchev–Trinajstić information content (AvgIpc) is 2.86. The zero-order valence-electron chi connectivity index (χ0n) is 9.17. The fourth-order valence-electron chi connectivity index (χ4n) is 1.70. The zero-order chi connectivity index (χ0) is 12.4. The fraction of sp³-hybridized carbons (Fsp3) is 0.500. The van der Waals surface area contributed by atoms with Crippen molar-refractivity contribution < 1.29 is 24.0 Å². The van der Waals surface area contributed by atoms with Crippen LogP contribution in [0.1, 0.15) is 16.1 Å². The summed E-state index contributed by atoms with van der Waals surface area (Å²) in [6, 6.07) is -0.519. The molecule has 1 aromatic rings. The van der Waals surface area contributed by atoms with Crippen LogP contribution in [0, 0.1) is 12.8 Å². The van der Waals surface area contributed by atoms with Crippen molar-refractivity contribution >= 4 is 11.9 Å². The Morgan fingerprint density at radius 3 is 2.88 bits per heavy atom. The Morgan fingerprint density at radius 1 is 1.53 bits per heavy atom. The van der Waals surface area contributed by atoms with Crippen molar-refractivity contribution in [3.63, 3.8) is 0 Å². The van der Waals surface area contributed by atoms with Crippen molar-refractivity contribution in [2.45, 2.75) is 13.0 Å². The lowest BCUT2D eigenvalue weighted by Crippen LogP contribution is -2.42. The maximum Gasteiger partial charge on any atom is 0.311 e. The van der Waals surface area contributed by atoms with E-state index in [2.05, 4.69) is 10.5 Å². The normalized spacial score (nSPS) is 23.6.